The maximum atomic E-state index is 13.1. The lowest BCUT2D eigenvalue weighted by atomic mass is 9.88. The number of benzene rings is 2. The predicted octanol–water partition coefficient (Wildman–Crippen LogP) is 3.57. The maximum absolute atomic E-state index is 13.1. The van der Waals surface area contributed by atoms with Crippen molar-refractivity contribution >= 4 is 34.1 Å². The number of aryl methyl sites for hydroxylation is 1. The van der Waals surface area contributed by atoms with Gasteiger partial charge in [-0.15, -0.1) is 0 Å². The summed E-state index contributed by atoms with van der Waals surface area (Å²) in [5, 5.41) is 1.73. The van der Waals surface area contributed by atoms with E-state index in [2.05, 4.69) is 28.9 Å². The van der Waals surface area contributed by atoms with E-state index >= 15 is 0 Å². The molecule has 5 rings (SSSR count). The summed E-state index contributed by atoms with van der Waals surface area (Å²) in [6.45, 7) is 2.11. The highest BCUT2D eigenvalue weighted by Gasteiger charge is 2.49. The summed E-state index contributed by atoms with van der Waals surface area (Å²) in [4.78, 5) is 20.3. The Hall–Kier alpha value is -3.06. The molecule has 1 aromatic heterocycles. The Morgan fingerprint density at radius 2 is 1.83 bits per heavy atom. The Balaban J connectivity index is 1.80. The highest BCUT2D eigenvalue weighted by Crippen LogP contribution is 2.45. The number of aromatic nitrogens is 1. The van der Waals surface area contributed by atoms with Gasteiger partial charge >= 0.3 is 0 Å². The summed E-state index contributed by atoms with van der Waals surface area (Å²) in [5.74, 6) is 1.43. The number of carbonyl (C=O) groups is 1. The van der Waals surface area contributed by atoms with Crippen LogP contribution in [0.1, 0.15) is 28.4 Å². The van der Waals surface area contributed by atoms with Gasteiger partial charge in [-0.3, -0.25) is 9.69 Å². The standard InChI is InChI=1S/C23H23N3O3S/c1-12-6-5-7-17-19(12)16-11-18-22(27)25(2)23(30)26(18)21(20(16)24-17)13-8-14(28-3)10-15(9-13)29-4/h5-10,18,21,24H,11H2,1-4H3/t18-,21+/m0/s1. The second-order valence-corrected chi connectivity index (χ2v) is 8.24. The van der Waals surface area contributed by atoms with Gasteiger partial charge in [-0.2, -0.15) is 0 Å². The zero-order valence-electron chi connectivity index (χ0n) is 17.4. The average molecular weight is 422 g/mol. The van der Waals surface area contributed by atoms with Crippen LogP contribution in [-0.4, -0.2) is 53.1 Å². The van der Waals surface area contributed by atoms with E-state index in [1.165, 1.54) is 16.5 Å². The second-order valence-electron chi connectivity index (χ2n) is 7.87. The van der Waals surface area contributed by atoms with Crippen LogP contribution < -0.4 is 9.47 Å². The van der Waals surface area contributed by atoms with Crippen LogP contribution in [0.15, 0.2) is 36.4 Å². The number of likely N-dealkylation sites (N-methyl/N-ethyl adjacent to an activating group) is 1. The zero-order chi connectivity index (χ0) is 21.2. The van der Waals surface area contributed by atoms with E-state index in [0.29, 0.717) is 23.0 Å². The highest BCUT2D eigenvalue weighted by atomic mass is 32.1. The molecule has 0 spiro atoms. The lowest BCUT2D eigenvalue weighted by Gasteiger charge is -2.37. The van der Waals surface area contributed by atoms with E-state index in [-0.39, 0.29) is 18.0 Å². The molecule has 3 aromatic rings. The molecule has 2 atom stereocenters. The van der Waals surface area contributed by atoms with E-state index in [1.807, 2.05) is 24.3 Å². The topological polar surface area (TPSA) is 57.8 Å². The number of methoxy groups -OCH3 is 2. The summed E-state index contributed by atoms with van der Waals surface area (Å²) in [6, 6.07) is 11.5. The first-order chi connectivity index (χ1) is 14.4. The molecule has 2 aliphatic heterocycles. The Morgan fingerprint density at radius 3 is 2.50 bits per heavy atom. The molecule has 1 fully saturated rings. The molecule has 0 unspecified atom stereocenters. The minimum Gasteiger partial charge on any atom is -0.497 e. The molecule has 2 aliphatic rings. The van der Waals surface area contributed by atoms with Gasteiger partial charge < -0.3 is 19.4 Å². The van der Waals surface area contributed by atoms with Crippen LogP contribution in [0, 0.1) is 6.92 Å². The number of nitrogens with one attached hydrogen (secondary N) is 1. The van der Waals surface area contributed by atoms with Crippen molar-refractivity contribution in [2.24, 2.45) is 0 Å². The Labute approximate surface area is 180 Å². The second kappa shape index (κ2) is 6.74. The highest BCUT2D eigenvalue weighted by molar-refractivity contribution is 7.80. The van der Waals surface area contributed by atoms with Crippen molar-refractivity contribution in [3.05, 3.63) is 58.8 Å². The number of amides is 1. The van der Waals surface area contributed by atoms with E-state index < -0.39 is 0 Å². The van der Waals surface area contributed by atoms with Crippen LogP contribution in [0.25, 0.3) is 10.9 Å². The first-order valence-electron chi connectivity index (χ1n) is 9.87. The van der Waals surface area contributed by atoms with E-state index in [4.69, 9.17) is 21.7 Å². The fourth-order valence-electron chi connectivity index (χ4n) is 4.84. The van der Waals surface area contributed by atoms with Crippen LogP contribution in [0.4, 0.5) is 0 Å². The molecule has 2 aromatic carbocycles. The van der Waals surface area contributed by atoms with Gasteiger partial charge in [-0.25, -0.2) is 0 Å². The fourth-order valence-corrected chi connectivity index (χ4v) is 5.16. The smallest absolute Gasteiger partial charge is 0.251 e. The average Bonchev–Trinajstić information content (AvgIpc) is 3.23. The van der Waals surface area contributed by atoms with Gasteiger partial charge in [0.15, 0.2) is 5.11 Å². The third-order valence-electron chi connectivity index (χ3n) is 6.27. The largest absolute Gasteiger partial charge is 0.497 e. The maximum Gasteiger partial charge on any atom is 0.251 e. The van der Waals surface area contributed by atoms with Crippen molar-refractivity contribution in [3.63, 3.8) is 0 Å². The number of nitrogens with zero attached hydrogens (tertiary/aromatic N) is 2. The summed E-state index contributed by atoms with van der Waals surface area (Å²) in [6.07, 6.45) is 0.626. The minimum atomic E-state index is -0.323. The molecule has 1 saturated heterocycles. The molecule has 1 N–H and O–H groups in total. The number of fused-ring (bicyclic) bond motifs is 4. The van der Waals surface area contributed by atoms with Gasteiger partial charge in [0, 0.05) is 36.1 Å². The molecule has 6 nitrogen and oxygen atoms in total. The first kappa shape index (κ1) is 18.9. The monoisotopic (exact) mass is 421 g/mol. The van der Waals surface area contributed by atoms with Crippen LogP contribution in [0.3, 0.4) is 0 Å². The Morgan fingerprint density at radius 1 is 1.13 bits per heavy atom. The molecular formula is C23H23N3O3S. The number of hydrogen-bond acceptors (Lipinski definition) is 4. The molecule has 7 heteroatoms. The van der Waals surface area contributed by atoms with Crippen molar-refractivity contribution in [1.82, 2.24) is 14.8 Å². The first-order valence-corrected chi connectivity index (χ1v) is 10.3. The van der Waals surface area contributed by atoms with E-state index in [9.17, 15) is 4.79 Å². The Bertz CT molecular complexity index is 1180. The van der Waals surface area contributed by atoms with Crippen LogP contribution in [-0.2, 0) is 11.2 Å². The van der Waals surface area contributed by atoms with E-state index in [0.717, 1.165) is 16.8 Å². The lowest BCUT2D eigenvalue weighted by molar-refractivity contribution is -0.127. The third kappa shape index (κ3) is 2.55. The number of H-pyrrole nitrogens is 1. The number of hydrogen-bond donors (Lipinski definition) is 1. The summed E-state index contributed by atoms with van der Waals surface area (Å²) in [5.41, 5.74) is 5.49. The van der Waals surface area contributed by atoms with Crippen molar-refractivity contribution in [1.29, 1.82) is 0 Å². The minimum absolute atomic E-state index is 0.0356. The number of rotatable bonds is 3. The van der Waals surface area contributed by atoms with Crippen molar-refractivity contribution in [2.75, 3.05) is 21.3 Å². The van der Waals surface area contributed by atoms with Crippen molar-refractivity contribution in [2.45, 2.75) is 25.4 Å². The number of thiocarbonyl (C=S) groups is 1. The van der Waals surface area contributed by atoms with Crippen molar-refractivity contribution in [3.8, 4) is 11.5 Å². The molecule has 0 radical (unpaired) electrons. The fraction of sp³-hybridized carbons (Fsp3) is 0.304. The number of carbonyl (C=O) groups excluding carboxylic acids is 1. The quantitative estimate of drug-likeness (QED) is 0.656. The predicted molar refractivity (Wildman–Crippen MR) is 119 cm³/mol. The molecule has 1 amide bonds. The molecule has 30 heavy (non-hydrogen) atoms. The molecular weight excluding hydrogens is 398 g/mol. The van der Waals surface area contributed by atoms with Gasteiger partial charge in [0.25, 0.3) is 5.91 Å². The van der Waals surface area contributed by atoms with Gasteiger partial charge in [0.2, 0.25) is 0 Å². The normalized spacial score (nSPS) is 20.5. The lowest BCUT2D eigenvalue weighted by Crippen LogP contribution is -2.44. The summed E-state index contributed by atoms with van der Waals surface area (Å²) >= 11 is 5.71. The zero-order valence-corrected chi connectivity index (χ0v) is 18.2. The summed E-state index contributed by atoms with van der Waals surface area (Å²) in [7, 11) is 5.03. The number of aromatic amines is 1. The van der Waals surface area contributed by atoms with Crippen LogP contribution >= 0.6 is 12.2 Å². The molecule has 0 bridgehead atoms. The van der Waals surface area contributed by atoms with E-state index in [1.54, 1.807) is 26.2 Å². The third-order valence-corrected chi connectivity index (χ3v) is 6.75. The number of ether oxygens (including phenoxy) is 2. The SMILES string of the molecule is COc1cc(OC)cc([C@@H]2c3[nH]c4cccc(C)c4c3C[C@H]3C(=O)N(C)C(=S)N23)c1. The summed E-state index contributed by atoms with van der Waals surface area (Å²) < 4.78 is 11.0. The molecule has 0 aliphatic carbocycles. The molecule has 154 valence electrons. The van der Waals surface area contributed by atoms with Crippen LogP contribution in [0.2, 0.25) is 0 Å². The Kier molecular flexibility index (Phi) is 4.25. The van der Waals surface area contributed by atoms with Gasteiger partial charge in [0.1, 0.15) is 17.5 Å². The van der Waals surface area contributed by atoms with Gasteiger partial charge in [-0.05, 0) is 54.0 Å². The van der Waals surface area contributed by atoms with Crippen molar-refractivity contribution < 1.29 is 14.3 Å². The van der Waals surface area contributed by atoms with Gasteiger partial charge in [0.05, 0.1) is 20.3 Å². The molecule has 0 saturated carbocycles. The van der Waals surface area contributed by atoms with Gasteiger partial charge in [-0.1, -0.05) is 12.1 Å². The van der Waals surface area contributed by atoms with Crippen LogP contribution in [0.5, 0.6) is 11.5 Å². The molecule has 3 heterocycles.